The third kappa shape index (κ3) is 3.46. The molecule has 0 saturated heterocycles. The van der Waals surface area contributed by atoms with E-state index in [0.29, 0.717) is 0 Å². The summed E-state index contributed by atoms with van der Waals surface area (Å²) < 4.78 is 9.03. The largest absolute Gasteiger partial charge is 0.454 e. The monoisotopic (exact) mass is 481 g/mol. The fourth-order valence-corrected chi connectivity index (χ4v) is 6.01. The van der Waals surface area contributed by atoms with Crippen LogP contribution in [-0.2, 0) is 13.5 Å². The van der Waals surface area contributed by atoms with Gasteiger partial charge in [0.15, 0.2) is 6.20 Å². The molecule has 0 fully saturated rings. The van der Waals surface area contributed by atoms with E-state index in [9.17, 15) is 0 Å². The predicted octanol–water partition coefficient (Wildman–Crippen LogP) is 8.14. The van der Waals surface area contributed by atoms with Crippen molar-refractivity contribution in [2.75, 3.05) is 11.4 Å². The smallest absolute Gasteiger partial charge is 0.216 e. The number of fused-ring (bicyclic) bond motifs is 4. The molecule has 0 saturated carbocycles. The summed E-state index contributed by atoms with van der Waals surface area (Å²) >= 11 is 0. The minimum absolute atomic E-state index is 0.953. The van der Waals surface area contributed by atoms with Crippen molar-refractivity contribution in [3.8, 4) is 22.4 Å². The molecule has 0 spiro atoms. The van der Waals surface area contributed by atoms with Crippen LogP contribution in [0.1, 0.15) is 17.5 Å². The Morgan fingerprint density at radius 1 is 0.730 bits per heavy atom. The summed E-state index contributed by atoms with van der Waals surface area (Å²) in [6.07, 6.45) is 4.34. The first-order valence-corrected chi connectivity index (χ1v) is 13.1. The quantitative estimate of drug-likeness (QED) is 0.238. The van der Waals surface area contributed by atoms with E-state index in [0.717, 1.165) is 58.1 Å². The fourth-order valence-electron chi connectivity index (χ4n) is 6.01. The van der Waals surface area contributed by atoms with E-state index in [1.54, 1.807) is 0 Å². The molecule has 1 aliphatic rings. The van der Waals surface area contributed by atoms with Crippen molar-refractivity contribution >= 4 is 33.3 Å². The zero-order chi connectivity index (χ0) is 24.9. The molecule has 4 aromatic carbocycles. The summed E-state index contributed by atoms with van der Waals surface area (Å²) in [5, 5.41) is 2.32. The van der Waals surface area contributed by atoms with Crippen LogP contribution in [0.5, 0.6) is 0 Å². The molecule has 2 aromatic heterocycles. The summed E-state index contributed by atoms with van der Waals surface area (Å²) in [4.78, 5) is 2.48. The summed E-state index contributed by atoms with van der Waals surface area (Å²) in [5.41, 5.74) is 11.7. The molecule has 0 aliphatic carbocycles. The summed E-state index contributed by atoms with van der Waals surface area (Å²) in [6.45, 7) is 3.18. The van der Waals surface area contributed by atoms with Crippen LogP contribution in [0.15, 0.2) is 108 Å². The second-order valence-corrected chi connectivity index (χ2v) is 10.0. The highest BCUT2D eigenvalue weighted by molar-refractivity contribution is 6.14. The molecule has 1 aliphatic heterocycles. The zero-order valence-electron chi connectivity index (χ0n) is 21.2. The molecule has 3 nitrogen and oxygen atoms in total. The normalized spacial score (nSPS) is 13.3. The van der Waals surface area contributed by atoms with Gasteiger partial charge in [0.2, 0.25) is 5.69 Å². The lowest BCUT2D eigenvalue weighted by Crippen LogP contribution is -2.30. The van der Waals surface area contributed by atoms with Crippen LogP contribution in [0.2, 0.25) is 0 Å². The number of rotatable bonds is 3. The van der Waals surface area contributed by atoms with Gasteiger partial charge >= 0.3 is 0 Å². The second-order valence-electron chi connectivity index (χ2n) is 10.0. The van der Waals surface area contributed by atoms with E-state index < -0.39 is 0 Å². The van der Waals surface area contributed by atoms with Crippen LogP contribution < -0.4 is 9.47 Å². The molecule has 3 heterocycles. The maximum atomic E-state index is 6.86. The number of pyridine rings is 1. The van der Waals surface area contributed by atoms with Crippen LogP contribution in [0.3, 0.4) is 0 Å². The lowest BCUT2D eigenvalue weighted by Gasteiger charge is -2.33. The van der Waals surface area contributed by atoms with Crippen molar-refractivity contribution in [1.82, 2.24) is 0 Å². The number of anilines is 2. The van der Waals surface area contributed by atoms with Gasteiger partial charge in [-0.1, -0.05) is 66.7 Å². The molecule has 7 rings (SSSR count). The molecule has 0 bridgehead atoms. The minimum atomic E-state index is 0.953. The van der Waals surface area contributed by atoms with E-state index >= 15 is 0 Å². The third-order valence-electron chi connectivity index (χ3n) is 7.76. The lowest BCUT2D eigenvalue weighted by molar-refractivity contribution is -0.660. The molecule has 0 N–H and O–H groups in total. The van der Waals surface area contributed by atoms with Gasteiger partial charge in [-0.25, -0.2) is 4.57 Å². The van der Waals surface area contributed by atoms with Crippen LogP contribution in [-0.4, -0.2) is 6.54 Å². The van der Waals surface area contributed by atoms with Gasteiger partial charge in [-0.2, -0.15) is 0 Å². The van der Waals surface area contributed by atoms with E-state index in [1.807, 2.05) is 0 Å². The van der Waals surface area contributed by atoms with Crippen LogP contribution in [0.4, 0.5) is 11.4 Å². The van der Waals surface area contributed by atoms with Gasteiger partial charge in [0.1, 0.15) is 18.2 Å². The molecule has 0 radical (unpaired) electrons. The van der Waals surface area contributed by atoms with Gasteiger partial charge in [0, 0.05) is 46.3 Å². The number of hydrogen-bond acceptors (Lipinski definition) is 2. The predicted molar refractivity (Wildman–Crippen MR) is 152 cm³/mol. The third-order valence-corrected chi connectivity index (χ3v) is 7.76. The molecule has 0 unspecified atom stereocenters. The number of hydrogen-bond donors (Lipinski definition) is 0. The highest BCUT2D eigenvalue weighted by Crippen LogP contribution is 2.45. The summed E-state index contributed by atoms with van der Waals surface area (Å²) in [7, 11) is 2.09. The number of benzene rings is 4. The Balaban J connectivity index is 1.51. The molecular formula is C34H29N2O+. The van der Waals surface area contributed by atoms with Crippen molar-refractivity contribution in [2.45, 2.75) is 19.8 Å². The van der Waals surface area contributed by atoms with Crippen molar-refractivity contribution < 1.29 is 8.98 Å². The van der Waals surface area contributed by atoms with Crippen LogP contribution >= 0.6 is 0 Å². The van der Waals surface area contributed by atoms with Crippen LogP contribution in [0, 0.1) is 6.92 Å². The van der Waals surface area contributed by atoms with E-state index in [4.69, 9.17) is 4.42 Å². The Morgan fingerprint density at radius 3 is 2.38 bits per heavy atom. The first-order valence-electron chi connectivity index (χ1n) is 13.1. The van der Waals surface area contributed by atoms with Gasteiger partial charge in [-0.3, -0.25) is 0 Å². The summed E-state index contributed by atoms with van der Waals surface area (Å²) in [6, 6.07) is 34.8. The first kappa shape index (κ1) is 21.9. The Hall–Kier alpha value is -4.37. The number of para-hydroxylation sites is 3. The average Bonchev–Trinajstić information content (AvgIpc) is 3.32. The minimum Gasteiger partial charge on any atom is -0.454 e. The van der Waals surface area contributed by atoms with Crippen molar-refractivity contribution in [3.05, 3.63) is 114 Å². The highest BCUT2D eigenvalue weighted by Gasteiger charge is 2.25. The Bertz CT molecular complexity index is 1780. The van der Waals surface area contributed by atoms with Gasteiger partial charge in [0.25, 0.3) is 0 Å². The molecule has 0 atom stereocenters. The van der Waals surface area contributed by atoms with Gasteiger partial charge < -0.3 is 9.32 Å². The maximum absolute atomic E-state index is 6.86. The number of nitrogens with zero attached hydrogens (tertiary/aromatic N) is 2. The standard InChI is InChI=1S/C34H29N2O/c1-23-19-20-29-28-17-9-16-27(33(28)37-34(29)31(23)30-18-6-7-21-35(30)2)26-15-8-11-24-12-10-22-36(32(24)26)25-13-4-3-5-14-25/h3-9,11,13-21H,10,12,22H2,1-2H3/q+1. The maximum Gasteiger partial charge on any atom is 0.216 e. The van der Waals surface area contributed by atoms with Crippen molar-refractivity contribution in [1.29, 1.82) is 0 Å². The SMILES string of the molecule is Cc1ccc2c(oc3c(-c4cccc5c4N(c4ccccc4)CCC5)cccc32)c1-c1cccc[n+]1C. The van der Waals surface area contributed by atoms with E-state index in [2.05, 4.69) is 127 Å². The topological polar surface area (TPSA) is 20.3 Å². The molecule has 180 valence electrons. The Kier molecular flexibility index (Phi) is 5.10. The first-order chi connectivity index (χ1) is 18.2. The average molecular weight is 482 g/mol. The van der Waals surface area contributed by atoms with Crippen LogP contribution in [0.25, 0.3) is 44.3 Å². The van der Waals surface area contributed by atoms with Gasteiger partial charge in [-0.15, -0.1) is 0 Å². The number of aromatic nitrogens is 1. The van der Waals surface area contributed by atoms with Gasteiger partial charge in [0.05, 0.1) is 11.3 Å². The van der Waals surface area contributed by atoms with Gasteiger partial charge in [-0.05, 0) is 49.1 Å². The lowest BCUT2D eigenvalue weighted by atomic mass is 9.92. The fraction of sp³-hybridized carbons (Fsp3) is 0.147. The molecule has 3 heteroatoms. The molecule has 37 heavy (non-hydrogen) atoms. The van der Waals surface area contributed by atoms with E-state index in [1.165, 1.54) is 28.1 Å². The molecule has 0 amide bonds. The number of aryl methyl sites for hydroxylation is 3. The summed E-state index contributed by atoms with van der Waals surface area (Å²) in [5.74, 6) is 0. The molecule has 6 aromatic rings. The molecular weight excluding hydrogens is 452 g/mol. The Morgan fingerprint density at radius 2 is 1.51 bits per heavy atom. The van der Waals surface area contributed by atoms with E-state index in [-0.39, 0.29) is 0 Å². The second kappa shape index (κ2) is 8.63. The van der Waals surface area contributed by atoms with Crippen molar-refractivity contribution in [2.24, 2.45) is 7.05 Å². The highest BCUT2D eigenvalue weighted by atomic mass is 16.3. The number of furan rings is 1. The zero-order valence-corrected chi connectivity index (χ0v) is 21.2. The Labute approximate surface area is 217 Å². The van der Waals surface area contributed by atoms with Crippen molar-refractivity contribution in [3.63, 3.8) is 0 Å².